The largest absolute Gasteiger partial charge is 0.468 e. The lowest BCUT2D eigenvalue weighted by molar-refractivity contribution is -0.116. The highest BCUT2D eigenvalue weighted by Gasteiger charge is 2.36. The van der Waals surface area contributed by atoms with Gasteiger partial charge in [0.1, 0.15) is 5.76 Å². The number of benzene rings is 1. The van der Waals surface area contributed by atoms with Gasteiger partial charge >= 0.3 is 0 Å². The lowest BCUT2D eigenvalue weighted by atomic mass is 10.1. The number of nitrogens with zero attached hydrogens (tertiary/aromatic N) is 2. The number of likely N-dealkylation sites (N-methyl/N-ethyl adjacent to an activating group) is 1. The molecule has 1 saturated heterocycles. The van der Waals surface area contributed by atoms with Gasteiger partial charge in [-0.15, -0.1) is 0 Å². The van der Waals surface area contributed by atoms with Gasteiger partial charge in [-0.05, 0) is 44.4 Å². The molecule has 1 aliphatic heterocycles. The fourth-order valence-corrected chi connectivity index (χ4v) is 4.40. The summed E-state index contributed by atoms with van der Waals surface area (Å²) < 4.78 is 30.3. The number of carbonyl (C=O) groups excluding carboxylic acids is 2. The molecule has 144 valence electrons. The number of rotatable bonds is 6. The molecule has 1 unspecified atom stereocenters. The normalized spacial score (nSPS) is 17.3. The Morgan fingerprint density at radius 2 is 2.07 bits per heavy atom. The van der Waals surface area contributed by atoms with Crippen molar-refractivity contribution >= 4 is 27.5 Å². The second-order valence-corrected chi connectivity index (χ2v) is 8.42. The third kappa shape index (κ3) is 4.04. The van der Waals surface area contributed by atoms with E-state index in [4.69, 9.17) is 4.42 Å². The molecule has 8 nitrogen and oxygen atoms in total. The van der Waals surface area contributed by atoms with Crippen molar-refractivity contribution in [2.45, 2.75) is 12.5 Å². The van der Waals surface area contributed by atoms with Crippen molar-refractivity contribution in [3.05, 3.63) is 54.0 Å². The molecule has 1 N–H and O–H groups in total. The summed E-state index contributed by atoms with van der Waals surface area (Å²) in [5.41, 5.74) is 0.458. The number of furan rings is 1. The van der Waals surface area contributed by atoms with Gasteiger partial charge in [-0.1, -0.05) is 6.07 Å². The quantitative estimate of drug-likeness (QED) is 0.799. The molecule has 1 aliphatic rings. The molecule has 2 heterocycles. The van der Waals surface area contributed by atoms with Crippen molar-refractivity contribution < 1.29 is 22.4 Å². The van der Waals surface area contributed by atoms with Gasteiger partial charge < -0.3 is 9.73 Å². The highest BCUT2D eigenvalue weighted by molar-refractivity contribution is 7.94. The SMILES string of the molecule is CN(C)C(CNC(=O)c1cccc(N2C(=O)CCS2(=O)=O)c1)c1ccco1. The van der Waals surface area contributed by atoms with Gasteiger partial charge in [0.05, 0.1) is 23.7 Å². The van der Waals surface area contributed by atoms with Gasteiger partial charge in [-0.2, -0.15) is 0 Å². The number of nitrogens with one attached hydrogen (secondary N) is 1. The van der Waals surface area contributed by atoms with Crippen LogP contribution in [0, 0.1) is 0 Å². The zero-order valence-electron chi connectivity index (χ0n) is 15.1. The van der Waals surface area contributed by atoms with Crippen LogP contribution in [0.3, 0.4) is 0 Å². The van der Waals surface area contributed by atoms with Gasteiger partial charge in [0.2, 0.25) is 15.9 Å². The molecule has 9 heteroatoms. The number of sulfonamides is 1. The summed E-state index contributed by atoms with van der Waals surface area (Å²) in [6.45, 7) is 0.310. The Balaban J connectivity index is 1.75. The summed E-state index contributed by atoms with van der Waals surface area (Å²) in [7, 11) is 0.0922. The van der Waals surface area contributed by atoms with E-state index in [1.807, 2.05) is 25.1 Å². The summed E-state index contributed by atoms with van der Waals surface area (Å²) >= 11 is 0. The van der Waals surface area contributed by atoms with Crippen molar-refractivity contribution in [1.82, 2.24) is 10.2 Å². The van der Waals surface area contributed by atoms with E-state index < -0.39 is 15.9 Å². The van der Waals surface area contributed by atoms with Crippen molar-refractivity contribution in [2.75, 3.05) is 30.7 Å². The average molecular weight is 391 g/mol. The van der Waals surface area contributed by atoms with E-state index in [9.17, 15) is 18.0 Å². The zero-order chi connectivity index (χ0) is 19.6. The average Bonchev–Trinajstić information content (AvgIpc) is 3.23. The molecule has 27 heavy (non-hydrogen) atoms. The topological polar surface area (TPSA) is 99.9 Å². The fraction of sp³-hybridized carbons (Fsp3) is 0.333. The monoisotopic (exact) mass is 391 g/mol. The van der Waals surface area contributed by atoms with Crippen LogP contribution in [-0.4, -0.2) is 51.5 Å². The lowest BCUT2D eigenvalue weighted by Gasteiger charge is -2.22. The minimum atomic E-state index is -3.67. The van der Waals surface area contributed by atoms with Crippen LogP contribution in [0.2, 0.25) is 0 Å². The summed E-state index contributed by atoms with van der Waals surface area (Å²) in [6, 6.07) is 9.51. The van der Waals surface area contributed by atoms with E-state index in [0.29, 0.717) is 6.54 Å². The summed E-state index contributed by atoms with van der Waals surface area (Å²) in [6.07, 6.45) is 1.52. The molecule has 1 fully saturated rings. The number of amides is 2. The van der Waals surface area contributed by atoms with Crippen molar-refractivity contribution in [1.29, 1.82) is 0 Å². The van der Waals surface area contributed by atoms with Crippen LogP contribution in [0.15, 0.2) is 47.1 Å². The van der Waals surface area contributed by atoms with E-state index in [-0.39, 0.29) is 35.4 Å². The Bertz CT molecular complexity index is 938. The number of anilines is 1. The standard InChI is InChI=1S/C18H21N3O5S/c1-20(2)15(16-7-4-9-26-16)12-19-18(23)13-5-3-6-14(11-13)21-17(22)8-10-27(21,24)25/h3-7,9,11,15H,8,10,12H2,1-2H3,(H,19,23). The van der Waals surface area contributed by atoms with Crippen LogP contribution in [0.25, 0.3) is 0 Å². The first-order valence-electron chi connectivity index (χ1n) is 8.43. The third-order valence-electron chi connectivity index (χ3n) is 4.37. The Labute approximate surface area is 157 Å². The fourth-order valence-electron chi connectivity index (χ4n) is 2.95. The molecule has 0 aliphatic carbocycles. The van der Waals surface area contributed by atoms with Gasteiger partial charge in [0.25, 0.3) is 5.91 Å². The smallest absolute Gasteiger partial charge is 0.251 e. The van der Waals surface area contributed by atoms with Crippen molar-refractivity contribution in [3.63, 3.8) is 0 Å². The van der Waals surface area contributed by atoms with E-state index >= 15 is 0 Å². The van der Waals surface area contributed by atoms with Crippen LogP contribution in [0.5, 0.6) is 0 Å². The first-order valence-corrected chi connectivity index (χ1v) is 10.0. The summed E-state index contributed by atoms with van der Waals surface area (Å²) in [4.78, 5) is 26.4. The molecule has 2 aromatic rings. The van der Waals surface area contributed by atoms with Gasteiger partial charge in [-0.3, -0.25) is 14.5 Å². The first kappa shape index (κ1) is 19.1. The predicted molar refractivity (Wildman–Crippen MR) is 99.8 cm³/mol. The van der Waals surface area contributed by atoms with E-state index in [1.54, 1.807) is 24.5 Å². The predicted octanol–water partition coefficient (Wildman–Crippen LogP) is 1.38. The van der Waals surface area contributed by atoms with Gasteiger partial charge in [-0.25, -0.2) is 12.7 Å². The molecular formula is C18H21N3O5S. The maximum atomic E-state index is 12.5. The maximum absolute atomic E-state index is 12.5. The van der Waals surface area contributed by atoms with Gasteiger partial charge in [0, 0.05) is 18.5 Å². The Hall–Kier alpha value is -2.65. The molecule has 2 amide bonds. The molecule has 0 radical (unpaired) electrons. The van der Waals surface area contributed by atoms with Crippen LogP contribution >= 0.6 is 0 Å². The van der Waals surface area contributed by atoms with E-state index in [1.165, 1.54) is 12.1 Å². The van der Waals surface area contributed by atoms with Crippen LogP contribution in [0.4, 0.5) is 5.69 Å². The Morgan fingerprint density at radius 3 is 2.67 bits per heavy atom. The van der Waals surface area contributed by atoms with E-state index in [0.717, 1.165) is 10.1 Å². The molecule has 1 aromatic carbocycles. The van der Waals surface area contributed by atoms with Crippen LogP contribution in [-0.2, 0) is 14.8 Å². The molecule has 3 rings (SSSR count). The van der Waals surface area contributed by atoms with E-state index in [2.05, 4.69) is 5.32 Å². The molecule has 0 saturated carbocycles. The molecule has 0 bridgehead atoms. The lowest BCUT2D eigenvalue weighted by Crippen LogP contribution is -2.34. The minimum Gasteiger partial charge on any atom is -0.468 e. The molecular weight excluding hydrogens is 370 g/mol. The maximum Gasteiger partial charge on any atom is 0.251 e. The van der Waals surface area contributed by atoms with Gasteiger partial charge in [0.15, 0.2) is 0 Å². The number of hydrogen-bond acceptors (Lipinski definition) is 6. The second-order valence-electron chi connectivity index (χ2n) is 6.48. The highest BCUT2D eigenvalue weighted by Crippen LogP contribution is 2.26. The summed E-state index contributed by atoms with van der Waals surface area (Å²) in [5, 5.41) is 2.82. The Morgan fingerprint density at radius 1 is 1.30 bits per heavy atom. The van der Waals surface area contributed by atoms with Crippen LogP contribution in [0.1, 0.15) is 28.6 Å². The minimum absolute atomic E-state index is 0.0492. The van der Waals surface area contributed by atoms with Crippen molar-refractivity contribution in [3.8, 4) is 0 Å². The third-order valence-corrected chi connectivity index (χ3v) is 6.06. The molecule has 1 aromatic heterocycles. The Kier molecular flexibility index (Phi) is 5.33. The molecule has 0 spiro atoms. The molecule has 1 atom stereocenters. The highest BCUT2D eigenvalue weighted by atomic mass is 32.2. The second kappa shape index (κ2) is 7.53. The number of carbonyl (C=O) groups is 2. The van der Waals surface area contributed by atoms with Crippen molar-refractivity contribution in [2.24, 2.45) is 0 Å². The first-order chi connectivity index (χ1) is 12.8. The summed E-state index contributed by atoms with van der Waals surface area (Å²) in [5.74, 6) is -0.337. The number of hydrogen-bond donors (Lipinski definition) is 1. The zero-order valence-corrected chi connectivity index (χ0v) is 15.9. The van der Waals surface area contributed by atoms with Crippen LogP contribution < -0.4 is 9.62 Å².